The summed E-state index contributed by atoms with van der Waals surface area (Å²) in [6, 6.07) is 8.99. The van der Waals surface area contributed by atoms with Gasteiger partial charge in [-0.25, -0.2) is 0 Å². The van der Waals surface area contributed by atoms with E-state index in [1.54, 1.807) is 0 Å². The van der Waals surface area contributed by atoms with E-state index in [1.165, 1.54) is 29.4 Å². The molecule has 0 spiro atoms. The number of benzene rings is 1. The average molecular weight is 259 g/mol. The summed E-state index contributed by atoms with van der Waals surface area (Å²) in [7, 11) is 4.09. The second kappa shape index (κ2) is 6.20. The zero-order chi connectivity index (χ0) is 13.8. The summed E-state index contributed by atoms with van der Waals surface area (Å²) >= 11 is 0. The minimum absolute atomic E-state index is 0.508. The van der Waals surface area contributed by atoms with Crippen molar-refractivity contribution < 1.29 is 0 Å². The van der Waals surface area contributed by atoms with Gasteiger partial charge >= 0.3 is 0 Å². The van der Waals surface area contributed by atoms with E-state index in [-0.39, 0.29) is 0 Å². The highest BCUT2D eigenvalue weighted by atomic mass is 15.3. The fraction of sp³-hybridized carbons (Fsp3) is 0.562. The second-order valence-corrected chi connectivity index (χ2v) is 5.26. The van der Waals surface area contributed by atoms with Crippen LogP contribution in [-0.4, -0.2) is 22.9 Å². The molecule has 0 saturated heterocycles. The standard InChI is InChI=1S/C16H25N3/c1-5-12(6-2)14(17-3)11-15-13-9-7-8-10-16(13)19(4)18-15/h7-10,12,14,17H,5-6,11H2,1-4H3. The van der Waals surface area contributed by atoms with Crippen LogP contribution in [0.25, 0.3) is 10.9 Å². The van der Waals surface area contributed by atoms with E-state index < -0.39 is 0 Å². The third-order valence-corrected chi connectivity index (χ3v) is 4.24. The van der Waals surface area contributed by atoms with Crippen molar-refractivity contribution in [3.63, 3.8) is 0 Å². The number of rotatable bonds is 6. The molecule has 0 amide bonds. The highest BCUT2D eigenvalue weighted by molar-refractivity contribution is 5.81. The van der Waals surface area contributed by atoms with Gasteiger partial charge in [0.05, 0.1) is 11.2 Å². The van der Waals surface area contributed by atoms with Crippen molar-refractivity contribution in [2.45, 2.75) is 39.2 Å². The summed E-state index contributed by atoms with van der Waals surface area (Å²) in [4.78, 5) is 0. The molecule has 1 aromatic heterocycles. The van der Waals surface area contributed by atoms with Crippen molar-refractivity contribution in [2.24, 2.45) is 13.0 Å². The zero-order valence-electron chi connectivity index (χ0n) is 12.5. The molecule has 104 valence electrons. The van der Waals surface area contributed by atoms with Crippen molar-refractivity contribution >= 4 is 10.9 Å². The quantitative estimate of drug-likeness (QED) is 0.863. The fourth-order valence-corrected chi connectivity index (χ4v) is 3.01. The summed E-state index contributed by atoms with van der Waals surface area (Å²) in [5.41, 5.74) is 2.43. The van der Waals surface area contributed by atoms with Crippen LogP contribution in [0.4, 0.5) is 0 Å². The molecule has 2 aromatic rings. The Labute approximate surface area is 116 Å². The highest BCUT2D eigenvalue weighted by Crippen LogP contribution is 2.22. The molecule has 0 aliphatic heterocycles. The van der Waals surface area contributed by atoms with Crippen molar-refractivity contribution in [3.05, 3.63) is 30.0 Å². The molecule has 0 aliphatic rings. The van der Waals surface area contributed by atoms with Crippen LogP contribution in [0.3, 0.4) is 0 Å². The van der Waals surface area contributed by atoms with Crippen molar-refractivity contribution in [2.75, 3.05) is 7.05 Å². The lowest BCUT2D eigenvalue weighted by atomic mass is 9.90. The lowest BCUT2D eigenvalue weighted by molar-refractivity contribution is 0.347. The number of para-hydroxylation sites is 1. The molecule has 2 rings (SSSR count). The predicted molar refractivity (Wildman–Crippen MR) is 81.3 cm³/mol. The molecule has 19 heavy (non-hydrogen) atoms. The van der Waals surface area contributed by atoms with Gasteiger partial charge in [0, 0.05) is 24.9 Å². The first-order valence-electron chi connectivity index (χ1n) is 7.29. The van der Waals surface area contributed by atoms with Crippen molar-refractivity contribution in [3.8, 4) is 0 Å². The Morgan fingerprint density at radius 3 is 2.53 bits per heavy atom. The summed E-state index contributed by atoms with van der Waals surface area (Å²) < 4.78 is 1.99. The molecule has 1 atom stereocenters. The molecule has 0 saturated carbocycles. The van der Waals surface area contributed by atoms with E-state index in [4.69, 9.17) is 5.10 Å². The van der Waals surface area contributed by atoms with E-state index in [0.29, 0.717) is 12.0 Å². The van der Waals surface area contributed by atoms with Crippen LogP contribution in [0.15, 0.2) is 24.3 Å². The number of aryl methyl sites for hydroxylation is 1. The van der Waals surface area contributed by atoms with Crippen molar-refractivity contribution in [1.82, 2.24) is 15.1 Å². The van der Waals surface area contributed by atoms with Crippen LogP contribution >= 0.6 is 0 Å². The summed E-state index contributed by atoms with van der Waals surface area (Å²) in [6.07, 6.45) is 3.43. The molecule has 0 aliphatic carbocycles. The average Bonchev–Trinajstić information content (AvgIpc) is 2.76. The third-order valence-electron chi connectivity index (χ3n) is 4.24. The van der Waals surface area contributed by atoms with Gasteiger partial charge in [0.1, 0.15) is 0 Å². The van der Waals surface area contributed by atoms with Crippen LogP contribution in [-0.2, 0) is 13.5 Å². The number of fused-ring (bicyclic) bond motifs is 1. The molecule has 1 unspecified atom stereocenters. The maximum absolute atomic E-state index is 4.71. The molecule has 0 bridgehead atoms. The van der Waals surface area contributed by atoms with Gasteiger partial charge in [-0.3, -0.25) is 4.68 Å². The number of likely N-dealkylation sites (N-methyl/N-ethyl adjacent to an activating group) is 1. The normalized spacial score (nSPS) is 13.3. The summed E-state index contributed by atoms with van der Waals surface area (Å²) in [6.45, 7) is 4.55. The maximum Gasteiger partial charge on any atom is 0.0718 e. The summed E-state index contributed by atoms with van der Waals surface area (Å²) in [5, 5.41) is 9.47. The lowest BCUT2D eigenvalue weighted by Crippen LogP contribution is -2.35. The van der Waals surface area contributed by atoms with Crippen molar-refractivity contribution in [1.29, 1.82) is 0 Å². The van der Waals surface area contributed by atoms with Gasteiger partial charge in [-0.2, -0.15) is 5.10 Å². The van der Waals surface area contributed by atoms with E-state index >= 15 is 0 Å². The smallest absolute Gasteiger partial charge is 0.0718 e. The Balaban J connectivity index is 2.29. The molecule has 1 aromatic carbocycles. The first kappa shape index (κ1) is 14.1. The van der Waals surface area contributed by atoms with E-state index in [2.05, 4.69) is 50.5 Å². The number of hydrogen-bond donors (Lipinski definition) is 1. The van der Waals surface area contributed by atoms with E-state index in [9.17, 15) is 0 Å². The van der Waals surface area contributed by atoms with Gasteiger partial charge in [-0.1, -0.05) is 44.9 Å². The van der Waals surface area contributed by atoms with E-state index in [0.717, 1.165) is 6.42 Å². The molecule has 3 heteroatoms. The monoisotopic (exact) mass is 259 g/mol. The van der Waals surface area contributed by atoms with Crippen LogP contribution in [0.1, 0.15) is 32.4 Å². The number of hydrogen-bond acceptors (Lipinski definition) is 2. The third kappa shape index (κ3) is 2.81. The minimum atomic E-state index is 0.508. The molecular formula is C16H25N3. The number of nitrogens with zero attached hydrogens (tertiary/aromatic N) is 2. The topological polar surface area (TPSA) is 29.9 Å². The van der Waals surface area contributed by atoms with Crippen LogP contribution in [0.5, 0.6) is 0 Å². The van der Waals surface area contributed by atoms with Gasteiger partial charge < -0.3 is 5.32 Å². The first-order chi connectivity index (χ1) is 9.21. The van der Waals surface area contributed by atoms with Gasteiger partial charge in [-0.15, -0.1) is 0 Å². The van der Waals surface area contributed by atoms with Gasteiger partial charge in [0.25, 0.3) is 0 Å². The molecule has 0 radical (unpaired) electrons. The van der Waals surface area contributed by atoms with Crippen LogP contribution < -0.4 is 5.32 Å². The molecule has 0 fully saturated rings. The first-order valence-corrected chi connectivity index (χ1v) is 7.29. The largest absolute Gasteiger partial charge is 0.316 e. The second-order valence-electron chi connectivity index (χ2n) is 5.26. The zero-order valence-corrected chi connectivity index (χ0v) is 12.5. The SMILES string of the molecule is CCC(CC)C(Cc1nn(C)c2ccccc12)NC. The number of nitrogens with one attached hydrogen (secondary N) is 1. The Morgan fingerprint density at radius 2 is 1.89 bits per heavy atom. The minimum Gasteiger partial charge on any atom is -0.316 e. The van der Waals surface area contributed by atoms with Crippen LogP contribution in [0, 0.1) is 5.92 Å². The lowest BCUT2D eigenvalue weighted by Gasteiger charge is -2.24. The highest BCUT2D eigenvalue weighted by Gasteiger charge is 2.19. The Morgan fingerprint density at radius 1 is 1.21 bits per heavy atom. The van der Waals surface area contributed by atoms with E-state index in [1.807, 2.05) is 11.7 Å². The van der Waals surface area contributed by atoms with Crippen LogP contribution in [0.2, 0.25) is 0 Å². The fourth-order valence-electron chi connectivity index (χ4n) is 3.01. The Bertz CT molecular complexity index is 526. The Hall–Kier alpha value is -1.35. The molecule has 3 nitrogen and oxygen atoms in total. The Kier molecular flexibility index (Phi) is 4.59. The predicted octanol–water partition coefficient (Wildman–Crippen LogP) is 3.14. The van der Waals surface area contributed by atoms with Gasteiger partial charge in [0.2, 0.25) is 0 Å². The molecular weight excluding hydrogens is 234 g/mol. The summed E-state index contributed by atoms with van der Waals surface area (Å²) in [5.74, 6) is 0.714. The number of aromatic nitrogens is 2. The maximum atomic E-state index is 4.71. The van der Waals surface area contributed by atoms with Gasteiger partial charge in [-0.05, 0) is 19.0 Å². The van der Waals surface area contributed by atoms with Gasteiger partial charge in [0.15, 0.2) is 0 Å². The molecule has 1 heterocycles. The molecule has 1 N–H and O–H groups in total.